The first-order valence-corrected chi connectivity index (χ1v) is 9.74. The van der Waals surface area contributed by atoms with Gasteiger partial charge in [0.15, 0.2) is 0 Å². The maximum Gasteiger partial charge on any atom is 0.229 e. The van der Waals surface area contributed by atoms with Crippen LogP contribution in [0.25, 0.3) is 0 Å². The van der Waals surface area contributed by atoms with Crippen LogP contribution in [0, 0.1) is 17.6 Å². The highest BCUT2D eigenvalue weighted by Crippen LogP contribution is 2.26. The number of nitrogens with one attached hydrogen (secondary N) is 2. The average Bonchev–Trinajstić information content (AvgIpc) is 2.72. The summed E-state index contributed by atoms with van der Waals surface area (Å²) in [6.45, 7) is 4.46. The van der Waals surface area contributed by atoms with Crippen LogP contribution in [0.5, 0.6) is 0 Å². The van der Waals surface area contributed by atoms with Gasteiger partial charge in [-0.3, -0.25) is 0 Å². The van der Waals surface area contributed by atoms with Crippen LogP contribution in [0.15, 0.2) is 54.7 Å². The van der Waals surface area contributed by atoms with Gasteiger partial charge in [-0.2, -0.15) is 4.98 Å². The molecule has 1 aromatic heterocycles. The Kier molecular flexibility index (Phi) is 5.55. The Balaban J connectivity index is 1.44. The largest absolute Gasteiger partial charge is 0.372 e. The van der Waals surface area contributed by atoms with Crippen molar-refractivity contribution in [3.63, 3.8) is 0 Å². The molecule has 0 saturated carbocycles. The normalized spacial score (nSPS) is 14.7. The lowest BCUT2D eigenvalue weighted by molar-refractivity contribution is 0.438. The SMILES string of the molecule is CC1CCN(c2ccc(Nc3nccc(Nc4c(F)cccc4F)n3)cc2)CC1. The Morgan fingerprint density at radius 2 is 1.62 bits per heavy atom. The number of anilines is 5. The zero-order valence-electron chi connectivity index (χ0n) is 16.2. The summed E-state index contributed by atoms with van der Waals surface area (Å²) in [7, 11) is 0. The summed E-state index contributed by atoms with van der Waals surface area (Å²) < 4.78 is 27.7. The molecule has 0 radical (unpaired) electrons. The van der Waals surface area contributed by atoms with Crippen molar-refractivity contribution in [1.82, 2.24) is 9.97 Å². The molecule has 5 nitrogen and oxygen atoms in total. The molecule has 150 valence electrons. The van der Waals surface area contributed by atoms with Gasteiger partial charge >= 0.3 is 0 Å². The molecule has 0 spiro atoms. The van der Waals surface area contributed by atoms with Gasteiger partial charge in [-0.1, -0.05) is 13.0 Å². The summed E-state index contributed by atoms with van der Waals surface area (Å²) in [5, 5.41) is 5.80. The van der Waals surface area contributed by atoms with E-state index < -0.39 is 11.6 Å². The quantitative estimate of drug-likeness (QED) is 0.599. The van der Waals surface area contributed by atoms with Crippen LogP contribution >= 0.6 is 0 Å². The first-order chi connectivity index (χ1) is 14.1. The number of piperidine rings is 1. The third-order valence-electron chi connectivity index (χ3n) is 5.14. The number of benzene rings is 2. The highest BCUT2D eigenvalue weighted by molar-refractivity contribution is 5.62. The van der Waals surface area contributed by atoms with Crippen molar-refractivity contribution in [2.45, 2.75) is 19.8 Å². The Morgan fingerprint density at radius 3 is 2.31 bits per heavy atom. The van der Waals surface area contributed by atoms with Crippen molar-refractivity contribution in [2.75, 3.05) is 28.6 Å². The number of halogens is 2. The molecule has 2 N–H and O–H groups in total. The fourth-order valence-electron chi connectivity index (χ4n) is 3.39. The average molecular weight is 395 g/mol. The molecule has 0 aliphatic carbocycles. The third-order valence-corrected chi connectivity index (χ3v) is 5.14. The van der Waals surface area contributed by atoms with Gasteiger partial charge in [0, 0.05) is 30.7 Å². The predicted molar refractivity (Wildman–Crippen MR) is 112 cm³/mol. The first-order valence-electron chi connectivity index (χ1n) is 9.74. The van der Waals surface area contributed by atoms with Crippen LogP contribution in [0.1, 0.15) is 19.8 Å². The van der Waals surface area contributed by atoms with Gasteiger partial charge in [-0.25, -0.2) is 13.8 Å². The van der Waals surface area contributed by atoms with Crippen LogP contribution in [-0.2, 0) is 0 Å². The van der Waals surface area contributed by atoms with Crippen LogP contribution < -0.4 is 15.5 Å². The second-order valence-corrected chi connectivity index (χ2v) is 7.33. The summed E-state index contributed by atoms with van der Waals surface area (Å²) in [4.78, 5) is 10.9. The van der Waals surface area contributed by atoms with E-state index in [1.807, 2.05) is 12.1 Å². The molecular formula is C22H23F2N5. The number of hydrogen-bond donors (Lipinski definition) is 2. The number of aromatic nitrogens is 2. The molecule has 0 bridgehead atoms. The molecule has 0 atom stereocenters. The van der Waals surface area contributed by atoms with Gasteiger partial charge in [0.25, 0.3) is 0 Å². The number of hydrogen-bond acceptors (Lipinski definition) is 5. The number of rotatable bonds is 5. The Morgan fingerprint density at radius 1 is 0.931 bits per heavy atom. The van der Waals surface area contributed by atoms with Crippen molar-refractivity contribution < 1.29 is 8.78 Å². The van der Waals surface area contributed by atoms with Gasteiger partial charge in [0.1, 0.15) is 23.1 Å². The summed E-state index contributed by atoms with van der Waals surface area (Å²) >= 11 is 0. The monoisotopic (exact) mass is 395 g/mol. The lowest BCUT2D eigenvalue weighted by Gasteiger charge is -2.32. The smallest absolute Gasteiger partial charge is 0.229 e. The van der Waals surface area contributed by atoms with Crippen molar-refractivity contribution in [2.24, 2.45) is 5.92 Å². The van der Waals surface area contributed by atoms with E-state index in [4.69, 9.17) is 0 Å². The van der Waals surface area contributed by atoms with Gasteiger partial charge in [0.05, 0.1) is 0 Å². The van der Waals surface area contributed by atoms with Gasteiger partial charge in [-0.05, 0) is 61.2 Å². The van der Waals surface area contributed by atoms with E-state index in [1.54, 1.807) is 6.07 Å². The summed E-state index contributed by atoms with van der Waals surface area (Å²) in [6, 6.07) is 13.4. The molecule has 4 rings (SSSR count). The Labute approximate surface area is 168 Å². The number of para-hydroxylation sites is 1. The minimum absolute atomic E-state index is 0.239. The fraction of sp³-hybridized carbons (Fsp3) is 0.273. The van der Waals surface area contributed by atoms with E-state index in [2.05, 4.69) is 44.6 Å². The van der Waals surface area contributed by atoms with Crippen LogP contribution in [0.4, 0.5) is 37.6 Å². The molecule has 1 saturated heterocycles. The summed E-state index contributed by atoms with van der Waals surface area (Å²) in [5.41, 5.74) is 1.81. The first kappa shape index (κ1) is 19.1. The van der Waals surface area contributed by atoms with Crippen LogP contribution in [0.2, 0.25) is 0 Å². The molecule has 1 fully saturated rings. The molecule has 29 heavy (non-hydrogen) atoms. The van der Waals surface area contributed by atoms with E-state index in [9.17, 15) is 8.78 Å². The van der Waals surface area contributed by atoms with Crippen LogP contribution in [0.3, 0.4) is 0 Å². The van der Waals surface area contributed by atoms with E-state index >= 15 is 0 Å². The topological polar surface area (TPSA) is 53.1 Å². The maximum absolute atomic E-state index is 13.8. The summed E-state index contributed by atoms with van der Waals surface area (Å²) in [6.07, 6.45) is 3.96. The van der Waals surface area contributed by atoms with Crippen molar-refractivity contribution in [1.29, 1.82) is 0 Å². The molecular weight excluding hydrogens is 372 g/mol. The van der Waals surface area contributed by atoms with E-state index in [0.717, 1.165) is 24.7 Å². The minimum atomic E-state index is -0.680. The van der Waals surface area contributed by atoms with E-state index in [1.165, 1.54) is 42.9 Å². The number of nitrogens with zero attached hydrogens (tertiary/aromatic N) is 3. The van der Waals surface area contributed by atoms with Gasteiger partial charge < -0.3 is 15.5 Å². The Bertz CT molecular complexity index is 949. The standard InChI is InChI=1S/C22H23F2N5/c1-15-10-13-29(14-11-15)17-7-5-16(6-8-17)26-22-25-12-9-20(28-22)27-21-18(23)3-2-4-19(21)24/h2-9,12,15H,10-11,13-14H2,1H3,(H2,25,26,27,28). The molecule has 0 amide bonds. The fourth-order valence-corrected chi connectivity index (χ4v) is 3.39. The zero-order valence-corrected chi connectivity index (χ0v) is 16.2. The highest BCUT2D eigenvalue weighted by Gasteiger charge is 2.16. The van der Waals surface area contributed by atoms with Crippen molar-refractivity contribution >= 4 is 28.8 Å². The van der Waals surface area contributed by atoms with Crippen molar-refractivity contribution in [3.8, 4) is 0 Å². The molecule has 1 aliphatic rings. The highest BCUT2D eigenvalue weighted by atomic mass is 19.1. The van der Waals surface area contributed by atoms with Gasteiger partial charge in [0.2, 0.25) is 5.95 Å². The van der Waals surface area contributed by atoms with Crippen molar-refractivity contribution in [3.05, 3.63) is 66.4 Å². The maximum atomic E-state index is 13.8. The lowest BCUT2D eigenvalue weighted by Crippen LogP contribution is -2.32. The minimum Gasteiger partial charge on any atom is -0.372 e. The van der Waals surface area contributed by atoms with Gasteiger partial charge in [-0.15, -0.1) is 0 Å². The predicted octanol–water partition coefficient (Wildman–Crippen LogP) is 5.48. The molecule has 0 unspecified atom stereocenters. The molecule has 2 aromatic carbocycles. The lowest BCUT2D eigenvalue weighted by atomic mass is 9.99. The molecule has 3 aromatic rings. The van der Waals surface area contributed by atoms with Crippen LogP contribution in [-0.4, -0.2) is 23.1 Å². The third kappa shape index (κ3) is 4.62. The molecule has 1 aliphatic heterocycles. The second kappa shape index (κ2) is 8.43. The Hall–Kier alpha value is -3.22. The van der Waals surface area contributed by atoms with E-state index in [-0.39, 0.29) is 5.69 Å². The molecule has 7 heteroatoms. The molecule has 2 heterocycles. The summed E-state index contributed by atoms with van der Waals surface area (Å²) in [5.74, 6) is 0.0709. The zero-order chi connectivity index (χ0) is 20.2. The van der Waals surface area contributed by atoms with E-state index in [0.29, 0.717) is 11.8 Å². The second-order valence-electron chi connectivity index (χ2n) is 7.33.